The van der Waals surface area contributed by atoms with Gasteiger partial charge in [0.05, 0.1) is 5.02 Å². The van der Waals surface area contributed by atoms with Gasteiger partial charge in [-0.3, -0.25) is 0 Å². The lowest BCUT2D eigenvalue weighted by Crippen LogP contribution is -2.03. The molecule has 0 aliphatic carbocycles. The Morgan fingerprint density at radius 1 is 1.16 bits per heavy atom. The number of aryl methyl sites for hydroxylation is 1. The van der Waals surface area contributed by atoms with E-state index >= 15 is 0 Å². The predicted molar refractivity (Wildman–Crippen MR) is 83.2 cm³/mol. The lowest BCUT2D eigenvalue weighted by atomic mass is 10.1. The van der Waals surface area contributed by atoms with Crippen LogP contribution in [0.5, 0.6) is 11.5 Å². The number of ether oxygens (including phenoxy) is 1. The van der Waals surface area contributed by atoms with Crippen molar-refractivity contribution in [3.8, 4) is 11.5 Å². The standard InChI is InChI=1S/C15H15BrClNO/c1-10-2-3-11(6-7-18)8-14(10)19-15-9-12(16)4-5-13(15)17/h2-5,8-9H,6-7,18H2,1H3. The van der Waals surface area contributed by atoms with Crippen LogP contribution in [-0.4, -0.2) is 6.54 Å². The molecule has 0 bridgehead atoms. The maximum atomic E-state index is 6.13. The third-order valence-electron chi connectivity index (χ3n) is 2.80. The first-order valence-corrected chi connectivity index (χ1v) is 7.20. The summed E-state index contributed by atoms with van der Waals surface area (Å²) in [5, 5.41) is 0.590. The largest absolute Gasteiger partial charge is 0.455 e. The monoisotopic (exact) mass is 339 g/mol. The molecule has 0 saturated carbocycles. The molecule has 0 unspecified atom stereocenters. The molecule has 2 aromatic rings. The first kappa shape index (κ1) is 14.4. The fraction of sp³-hybridized carbons (Fsp3) is 0.200. The van der Waals surface area contributed by atoms with E-state index in [1.807, 2.05) is 31.2 Å². The number of nitrogens with two attached hydrogens (primary N) is 1. The Morgan fingerprint density at radius 3 is 2.68 bits per heavy atom. The molecule has 0 heterocycles. The van der Waals surface area contributed by atoms with Crippen molar-refractivity contribution in [3.05, 3.63) is 57.0 Å². The van der Waals surface area contributed by atoms with Gasteiger partial charge in [-0.15, -0.1) is 0 Å². The molecule has 0 spiro atoms. The van der Waals surface area contributed by atoms with E-state index in [-0.39, 0.29) is 0 Å². The molecule has 0 aliphatic rings. The van der Waals surface area contributed by atoms with Crippen LogP contribution in [0.4, 0.5) is 0 Å². The molecule has 2 rings (SSSR count). The second-order valence-corrected chi connectivity index (χ2v) is 5.64. The van der Waals surface area contributed by atoms with Crippen LogP contribution < -0.4 is 10.5 Å². The van der Waals surface area contributed by atoms with E-state index in [1.54, 1.807) is 6.07 Å². The normalized spacial score (nSPS) is 10.5. The Balaban J connectivity index is 2.31. The smallest absolute Gasteiger partial charge is 0.147 e. The molecule has 4 heteroatoms. The Kier molecular flexibility index (Phi) is 4.86. The van der Waals surface area contributed by atoms with Gasteiger partial charge >= 0.3 is 0 Å². The van der Waals surface area contributed by atoms with Gasteiger partial charge < -0.3 is 10.5 Å². The van der Waals surface area contributed by atoms with Crippen molar-refractivity contribution in [2.75, 3.05) is 6.54 Å². The maximum Gasteiger partial charge on any atom is 0.147 e. The lowest BCUT2D eigenvalue weighted by Gasteiger charge is -2.12. The van der Waals surface area contributed by atoms with Crippen LogP contribution in [0.1, 0.15) is 11.1 Å². The van der Waals surface area contributed by atoms with Crippen molar-refractivity contribution < 1.29 is 4.74 Å². The molecule has 2 aromatic carbocycles. The van der Waals surface area contributed by atoms with E-state index in [0.717, 1.165) is 27.8 Å². The van der Waals surface area contributed by atoms with E-state index in [2.05, 4.69) is 22.0 Å². The summed E-state index contributed by atoms with van der Waals surface area (Å²) in [5.41, 5.74) is 7.80. The molecule has 0 saturated heterocycles. The summed E-state index contributed by atoms with van der Waals surface area (Å²) in [5.74, 6) is 1.45. The van der Waals surface area contributed by atoms with Gasteiger partial charge in [-0.2, -0.15) is 0 Å². The molecule has 0 atom stereocenters. The summed E-state index contributed by atoms with van der Waals surface area (Å²) in [7, 11) is 0. The summed E-state index contributed by atoms with van der Waals surface area (Å²) in [6.07, 6.45) is 0.836. The van der Waals surface area contributed by atoms with Crippen LogP contribution in [0.3, 0.4) is 0 Å². The molecule has 0 fully saturated rings. The Bertz CT molecular complexity index is 586. The molecule has 2 nitrogen and oxygen atoms in total. The topological polar surface area (TPSA) is 35.2 Å². The number of benzene rings is 2. The predicted octanol–water partition coefficient (Wildman–Crippen LogP) is 4.70. The van der Waals surface area contributed by atoms with Gasteiger partial charge in [0.1, 0.15) is 11.5 Å². The highest BCUT2D eigenvalue weighted by atomic mass is 79.9. The summed E-state index contributed by atoms with van der Waals surface area (Å²) in [6, 6.07) is 11.7. The van der Waals surface area contributed by atoms with Crippen molar-refractivity contribution in [3.63, 3.8) is 0 Å². The molecule has 0 radical (unpaired) electrons. The van der Waals surface area contributed by atoms with Crippen molar-refractivity contribution in [1.29, 1.82) is 0 Å². The van der Waals surface area contributed by atoms with E-state index in [4.69, 9.17) is 22.1 Å². The highest BCUT2D eigenvalue weighted by molar-refractivity contribution is 9.10. The summed E-state index contributed by atoms with van der Waals surface area (Å²) >= 11 is 9.55. The van der Waals surface area contributed by atoms with Gasteiger partial charge in [0.15, 0.2) is 0 Å². The van der Waals surface area contributed by atoms with Crippen molar-refractivity contribution in [2.45, 2.75) is 13.3 Å². The van der Waals surface area contributed by atoms with E-state index < -0.39 is 0 Å². The minimum atomic E-state index is 0.590. The molecule has 0 aliphatic heterocycles. The quantitative estimate of drug-likeness (QED) is 0.875. The first-order valence-electron chi connectivity index (χ1n) is 6.02. The summed E-state index contributed by atoms with van der Waals surface area (Å²) < 4.78 is 6.84. The van der Waals surface area contributed by atoms with Gasteiger partial charge in [-0.1, -0.05) is 39.7 Å². The summed E-state index contributed by atoms with van der Waals surface area (Å²) in [6.45, 7) is 2.63. The van der Waals surface area contributed by atoms with Crippen LogP contribution in [-0.2, 0) is 6.42 Å². The van der Waals surface area contributed by atoms with E-state index in [0.29, 0.717) is 17.3 Å². The maximum absolute atomic E-state index is 6.13. The van der Waals surface area contributed by atoms with Gasteiger partial charge in [-0.25, -0.2) is 0 Å². The zero-order chi connectivity index (χ0) is 13.8. The second-order valence-electron chi connectivity index (χ2n) is 4.32. The third-order valence-corrected chi connectivity index (χ3v) is 3.60. The average Bonchev–Trinajstić information content (AvgIpc) is 2.38. The number of halogens is 2. The minimum Gasteiger partial charge on any atom is -0.455 e. The Morgan fingerprint density at radius 2 is 1.95 bits per heavy atom. The Labute approximate surface area is 126 Å². The van der Waals surface area contributed by atoms with Crippen LogP contribution in [0.25, 0.3) is 0 Å². The van der Waals surface area contributed by atoms with E-state index in [1.165, 1.54) is 0 Å². The van der Waals surface area contributed by atoms with Crippen LogP contribution >= 0.6 is 27.5 Å². The van der Waals surface area contributed by atoms with Gasteiger partial charge in [0.2, 0.25) is 0 Å². The highest BCUT2D eigenvalue weighted by Gasteiger charge is 2.07. The number of hydrogen-bond acceptors (Lipinski definition) is 2. The lowest BCUT2D eigenvalue weighted by molar-refractivity contribution is 0.478. The van der Waals surface area contributed by atoms with Gasteiger partial charge in [0, 0.05) is 4.47 Å². The average molecular weight is 341 g/mol. The summed E-state index contributed by atoms with van der Waals surface area (Å²) in [4.78, 5) is 0. The van der Waals surface area contributed by atoms with Crippen LogP contribution in [0, 0.1) is 6.92 Å². The molecule has 0 amide bonds. The fourth-order valence-corrected chi connectivity index (χ4v) is 2.25. The van der Waals surface area contributed by atoms with Crippen molar-refractivity contribution >= 4 is 27.5 Å². The zero-order valence-electron chi connectivity index (χ0n) is 10.6. The van der Waals surface area contributed by atoms with Gasteiger partial charge in [0.25, 0.3) is 0 Å². The minimum absolute atomic E-state index is 0.590. The van der Waals surface area contributed by atoms with Crippen LogP contribution in [0.2, 0.25) is 5.02 Å². The highest BCUT2D eigenvalue weighted by Crippen LogP contribution is 2.33. The third kappa shape index (κ3) is 3.72. The number of rotatable bonds is 4. The van der Waals surface area contributed by atoms with Gasteiger partial charge in [-0.05, 0) is 55.3 Å². The fourth-order valence-electron chi connectivity index (χ4n) is 1.75. The first-order chi connectivity index (χ1) is 9.10. The Hall–Kier alpha value is -1.03. The number of hydrogen-bond donors (Lipinski definition) is 1. The SMILES string of the molecule is Cc1ccc(CCN)cc1Oc1cc(Br)ccc1Cl. The second kappa shape index (κ2) is 6.42. The van der Waals surface area contributed by atoms with Crippen molar-refractivity contribution in [2.24, 2.45) is 5.73 Å². The van der Waals surface area contributed by atoms with Crippen LogP contribution in [0.15, 0.2) is 40.9 Å². The molecular weight excluding hydrogens is 326 g/mol. The molecular formula is C15H15BrClNO. The molecule has 0 aromatic heterocycles. The van der Waals surface area contributed by atoms with E-state index in [9.17, 15) is 0 Å². The molecule has 19 heavy (non-hydrogen) atoms. The molecule has 100 valence electrons. The molecule has 2 N–H and O–H groups in total. The van der Waals surface area contributed by atoms with Crippen molar-refractivity contribution in [1.82, 2.24) is 0 Å². The zero-order valence-corrected chi connectivity index (χ0v) is 13.0.